The molecule has 156 valence electrons. The summed E-state index contributed by atoms with van der Waals surface area (Å²) in [5.41, 5.74) is 2.89. The molecule has 1 N–H and O–H groups in total. The predicted octanol–water partition coefficient (Wildman–Crippen LogP) is 4.15. The van der Waals surface area contributed by atoms with Gasteiger partial charge in [-0.05, 0) is 30.7 Å². The largest absolute Gasteiger partial charge is 0.487 e. The average molecular weight is 420 g/mol. The van der Waals surface area contributed by atoms with Gasteiger partial charge in [-0.1, -0.05) is 12.1 Å². The second-order valence-corrected chi connectivity index (χ2v) is 6.22. The third-order valence-electron chi connectivity index (χ3n) is 4.07. The first-order valence-electron chi connectivity index (χ1n) is 9.07. The van der Waals surface area contributed by atoms with Gasteiger partial charge in [0.15, 0.2) is 11.5 Å². The summed E-state index contributed by atoms with van der Waals surface area (Å²) in [5, 5.41) is 4.20. The van der Waals surface area contributed by atoms with Crippen molar-refractivity contribution in [2.45, 2.75) is 6.92 Å². The molecular weight excluding hydrogens is 394 g/mol. The average Bonchev–Trinajstić information content (AvgIpc) is 2.69. The minimum absolute atomic E-state index is 0. The van der Waals surface area contributed by atoms with Crippen LogP contribution in [0.2, 0.25) is 0 Å². The number of nitrogens with one attached hydrogen (secondary N) is 1. The van der Waals surface area contributed by atoms with Crippen LogP contribution in [0.15, 0.2) is 42.7 Å². The van der Waals surface area contributed by atoms with E-state index in [1.165, 1.54) is 11.9 Å². The lowest BCUT2D eigenvalue weighted by molar-refractivity contribution is 0.132. The number of aromatic nitrogens is 2. The molecule has 1 aromatic heterocycles. The molecule has 0 saturated carbocycles. The molecule has 0 bridgehead atoms. The van der Waals surface area contributed by atoms with Gasteiger partial charge in [0, 0.05) is 31.4 Å². The Labute approximate surface area is 176 Å². The van der Waals surface area contributed by atoms with Crippen molar-refractivity contribution in [3.63, 3.8) is 0 Å². The van der Waals surface area contributed by atoms with Crippen molar-refractivity contribution in [3.8, 4) is 11.5 Å². The number of anilines is 2. The predicted molar refractivity (Wildman–Crippen MR) is 116 cm³/mol. The zero-order valence-electron chi connectivity index (χ0n) is 16.8. The number of aryl methyl sites for hydroxylation is 1. The quantitative estimate of drug-likeness (QED) is 0.494. The van der Waals surface area contributed by atoms with Crippen LogP contribution in [0.1, 0.15) is 5.56 Å². The van der Waals surface area contributed by atoms with E-state index in [-0.39, 0.29) is 12.4 Å². The Bertz CT molecular complexity index is 924. The van der Waals surface area contributed by atoms with Crippen molar-refractivity contribution >= 4 is 34.8 Å². The first kappa shape index (κ1) is 22.7. The number of halogens is 1. The molecule has 2 aromatic carbocycles. The van der Waals surface area contributed by atoms with E-state index in [4.69, 9.17) is 18.9 Å². The molecule has 0 aliphatic carbocycles. The molecule has 0 atom stereocenters. The minimum atomic E-state index is 0. The number of hydrogen-bond donors (Lipinski definition) is 1. The van der Waals surface area contributed by atoms with E-state index in [0.717, 1.165) is 16.6 Å². The number of nitrogens with zero attached hydrogens (tertiary/aromatic N) is 2. The molecule has 1 heterocycles. The van der Waals surface area contributed by atoms with Gasteiger partial charge < -0.3 is 24.3 Å². The molecule has 3 aromatic rings. The molecule has 0 radical (unpaired) electrons. The topological polar surface area (TPSA) is 74.7 Å². The van der Waals surface area contributed by atoms with Crippen molar-refractivity contribution < 1.29 is 18.9 Å². The summed E-state index contributed by atoms with van der Waals surface area (Å²) in [6.45, 7) is 3.85. The number of fused-ring (bicyclic) bond motifs is 1. The molecule has 7 nitrogen and oxygen atoms in total. The molecule has 8 heteroatoms. The minimum Gasteiger partial charge on any atom is -0.487 e. The van der Waals surface area contributed by atoms with Gasteiger partial charge in [0.05, 0.1) is 18.7 Å². The molecular formula is C21H26ClN3O4. The molecule has 0 saturated heterocycles. The van der Waals surface area contributed by atoms with E-state index >= 15 is 0 Å². The number of methoxy groups -OCH3 is 2. The fraction of sp³-hybridized carbons (Fsp3) is 0.333. The Morgan fingerprint density at radius 3 is 2.21 bits per heavy atom. The van der Waals surface area contributed by atoms with Crippen LogP contribution in [0.4, 0.5) is 11.5 Å². The van der Waals surface area contributed by atoms with E-state index in [9.17, 15) is 0 Å². The van der Waals surface area contributed by atoms with E-state index in [0.29, 0.717) is 43.7 Å². The molecule has 3 rings (SSSR count). The highest BCUT2D eigenvalue weighted by Crippen LogP contribution is 2.35. The molecule has 0 aliphatic heterocycles. The SMILES string of the molecule is COCCOc1cc2ncnc(Nc3cccc(C)c3)c2cc1OCCOC.Cl. The fourth-order valence-electron chi connectivity index (χ4n) is 2.72. The lowest BCUT2D eigenvalue weighted by atomic mass is 10.2. The van der Waals surface area contributed by atoms with Gasteiger partial charge in [-0.3, -0.25) is 0 Å². The van der Waals surface area contributed by atoms with Crippen molar-refractivity contribution in [1.29, 1.82) is 0 Å². The Kier molecular flexibility index (Phi) is 8.92. The van der Waals surface area contributed by atoms with E-state index in [1.807, 2.05) is 24.3 Å². The van der Waals surface area contributed by atoms with Crippen molar-refractivity contribution in [1.82, 2.24) is 9.97 Å². The number of benzene rings is 2. The Hall–Kier alpha value is -2.61. The Morgan fingerprint density at radius 1 is 0.862 bits per heavy atom. The number of ether oxygens (including phenoxy) is 4. The smallest absolute Gasteiger partial charge is 0.163 e. The standard InChI is InChI=1S/C21H25N3O4.ClH/c1-15-5-4-6-16(11-15)24-21-17-12-19(27-9-7-25-2)20(28-10-8-26-3)13-18(17)22-14-23-21;/h4-6,11-14H,7-10H2,1-3H3,(H,22,23,24);1H. The molecule has 0 aliphatic rings. The van der Waals surface area contributed by atoms with Crippen LogP contribution in [0.5, 0.6) is 11.5 Å². The summed E-state index contributed by atoms with van der Waals surface area (Å²) >= 11 is 0. The summed E-state index contributed by atoms with van der Waals surface area (Å²) in [7, 11) is 3.27. The van der Waals surface area contributed by atoms with Gasteiger partial charge in [-0.2, -0.15) is 0 Å². The maximum absolute atomic E-state index is 5.87. The molecule has 0 spiro atoms. The summed E-state index contributed by atoms with van der Waals surface area (Å²) in [4.78, 5) is 8.80. The van der Waals surface area contributed by atoms with Crippen LogP contribution in [-0.2, 0) is 9.47 Å². The lowest BCUT2D eigenvalue weighted by Crippen LogP contribution is -2.09. The van der Waals surface area contributed by atoms with Crippen LogP contribution >= 0.6 is 12.4 Å². The second kappa shape index (κ2) is 11.4. The zero-order chi connectivity index (χ0) is 19.8. The van der Waals surface area contributed by atoms with Gasteiger partial charge in [-0.15, -0.1) is 12.4 Å². The second-order valence-electron chi connectivity index (χ2n) is 6.22. The van der Waals surface area contributed by atoms with Gasteiger partial charge in [0.25, 0.3) is 0 Å². The maximum Gasteiger partial charge on any atom is 0.163 e. The monoisotopic (exact) mass is 419 g/mol. The third kappa shape index (κ3) is 6.19. The van der Waals surface area contributed by atoms with Crippen LogP contribution in [-0.4, -0.2) is 50.6 Å². The first-order chi connectivity index (χ1) is 13.7. The van der Waals surface area contributed by atoms with Gasteiger partial charge in [0.1, 0.15) is 25.4 Å². The van der Waals surface area contributed by atoms with Crippen LogP contribution in [0.25, 0.3) is 10.9 Å². The van der Waals surface area contributed by atoms with Crippen LogP contribution in [0, 0.1) is 6.92 Å². The third-order valence-corrected chi connectivity index (χ3v) is 4.07. The highest BCUT2D eigenvalue weighted by molar-refractivity contribution is 5.93. The summed E-state index contributed by atoms with van der Waals surface area (Å²) in [6.07, 6.45) is 1.53. The molecule has 0 fully saturated rings. The Morgan fingerprint density at radius 2 is 1.55 bits per heavy atom. The lowest BCUT2D eigenvalue weighted by Gasteiger charge is -2.15. The van der Waals surface area contributed by atoms with Gasteiger partial charge in [0.2, 0.25) is 0 Å². The van der Waals surface area contributed by atoms with Gasteiger partial charge in [-0.25, -0.2) is 9.97 Å². The number of rotatable bonds is 10. The van der Waals surface area contributed by atoms with E-state index in [2.05, 4.69) is 34.3 Å². The zero-order valence-corrected chi connectivity index (χ0v) is 17.6. The summed E-state index contributed by atoms with van der Waals surface area (Å²) < 4.78 is 21.8. The fourth-order valence-corrected chi connectivity index (χ4v) is 2.72. The van der Waals surface area contributed by atoms with Gasteiger partial charge >= 0.3 is 0 Å². The molecule has 29 heavy (non-hydrogen) atoms. The van der Waals surface area contributed by atoms with Crippen LogP contribution < -0.4 is 14.8 Å². The number of hydrogen-bond acceptors (Lipinski definition) is 7. The Balaban J connectivity index is 0.00000300. The summed E-state index contributed by atoms with van der Waals surface area (Å²) in [5.74, 6) is 1.93. The highest BCUT2D eigenvalue weighted by Gasteiger charge is 2.13. The molecule has 0 unspecified atom stereocenters. The first-order valence-corrected chi connectivity index (χ1v) is 9.07. The van der Waals surface area contributed by atoms with Crippen molar-refractivity contribution in [2.24, 2.45) is 0 Å². The van der Waals surface area contributed by atoms with Crippen molar-refractivity contribution in [2.75, 3.05) is 46.0 Å². The maximum atomic E-state index is 5.87. The summed E-state index contributed by atoms with van der Waals surface area (Å²) in [6, 6.07) is 11.9. The van der Waals surface area contributed by atoms with E-state index < -0.39 is 0 Å². The van der Waals surface area contributed by atoms with E-state index in [1.54, 1.807) is 14.2 Å². The normalized spacial score (nSPS) is 10.4. The highest BCUT2D eigenvalue weighted by atomic mass is 35.5. The van der Waals surface area contributed by atoms with Crippen molar-refractivity contribution in [3.05, 3.63) is 48.3 Å². The van der Waals surface area contributed by atoms with Crippen LogP contribution in [0.3, 0.4) is 0 Å². The molecule has 0 amide bonds.